The zero-order chi connectivity index (χ0) is 11.1. The minimum Gasteiger partial charge on any atom is -0.391 e. The van der Waals surface area contributed by atoms with Crippen LogP contribution < -0.4 is 10.6 Å². The molecule has 4 nitrogen and oxygen atoms in total. The highest BCUT2D eigenvalue weighted by Crippen LogP contribution is 2.26. The molecular weight excluding hydrogens is 192 g/mol. The monoisotopic (exact) mass is 214 g/mol. The predicted molar refractivity (Wildman–Crippen MR) is 59.5 cm³/mol. The summed E-state index contributed by atoms with van der Waals surface area (Å²) in [6.45, 7) is 0.711. The Morgan fingerprint density at radius 3 is 2.67 bits per heavy atom. The first-order chi connectivity index (χ1) is 7.24. The number of hydrogen-bond acceptors (Lipinski definition) is 3. The molecule has 0 bridgehead atoms. The van der Waals surface area contributed by atoms with Gasteiger partial charge >= 0.3 is 0 Å². The van der Waals surface area contributed by atoms with E-state index in [2.05, 4.69) is 10.6 Å². The molecule has 15 heavy (non-hydrogen) atoms. The van der Waals surface area contributed by atoms with Crippen molar-refractivity contribution in [2.45, 2.75) is 38.2 Å². The van der Waals surface area contributed by atoms with Crippen LogP contribution in [0.5, 0.6) is 0 Å². The van der Waals surface area contributed by atoms with Crippen LogP contribution in [0.15, 0.2) is 0 Å². The summed E-state index contributed by atoms with van der Waals surface area (Å²) in [4.78, 5) is 11.1. The Kier molecular flexibility index (Phi) is 5.65. The summed E-state index contributed by atoms with van der Waals surface area (Å²) in [5.74, 6) is 0.334. The van der Waals surface area contributed by atoms with Gasteiger partial charge in [-0.1, -0.05) is 19.3 Å². The van der Waals surface area contributed by atoms with Crippen molar-refractivity contribution >= 4 is 5.91 Å². The Labute approximate surface area is 91.4 Å². The van der Waals surface area contributed by atoms with Crippen LogP contribution >= 0.6 is 0 Å². The summed E-state index contributed by atoms with van der Waals surface area (Å²) in [5.41, 5.74) is 0. The van der Waals surface area contributed by atoms with E-state index in [0.717, 1.165) is 12.8 Å². The van der Waals surface area contributed by atoms with E-state index in [0.29, 0.717) is 19.0 Å². The SMILES string of the molecule is CNCC(=O)NCC(O)C1CCCCC1. The molecular formula is C11H22N2O2. The van der Waals surface area contributed by atoms with Crippen molar-refractivity contribution in [3.63, 3.8) is 0 Å². The van der Waals surface area contributed by atoms with Crippen LogP contribution in [0, 0.1) is 5.92 Å². The highest BCUT2D eigenvalue weighted by Gasteiger charge is 2.21. The number of rotatable bonds is 5. The van der Waals surface area contributed by atoms with Crippen molar-refractivity contribution in [3.8, 4) is 0 Å². The molecule has 1 aliphatic carbocycles. The molecule has 1 fully saturated rings. The molecule has 0 aromatic carbocycles. The summed E-state index contributed by atoms with van der Waals surface area (Å²) < 4.78 is 0. The number of aliphatic hydroxyl groups excluding tert-OH is 1. The number of hydrogen-bond donors (Lipinski definition) is 3. The summed E-state index contributed by atoms with van der Waals surface area (Å²) in [6.07, 6.45) is 5.55. The number of nitrogens with one attached hydrogen (secondary N) is 2. The van der Waals surface area contributed by atoms with Gasteiger partial charge < -0.3 is 15.7 Å². The Bertz CT molecular complexity index is 191. The van der Waals surface area contributed by atoms with Gasteiger partial charge in [0, 0.05) is 6.54 Å². The summed E-state index contributed by atoms with van der Waals surface area (Å²) in [5, 5.41) is 15.4. The van der Waals surface area contributed by atoms with Gasteiger partial charge in [-0.25, -0.2) is 0 Å². The number of amides is 1. The van der Waals surface area contributed by atoms with Crippen LogP contribution in [0.1, 0.15) is 32.1 Å². The third-order valence-electron chi connectivity index (χ3n) is 3.04. The first-order valence-electron chi connectivity index (χ1n) is 5.83. The maximum atomic E-state index is 11.1. The van der Waals surface area contributed by atoms with Crippen molar-refractivity contribution in [1.82, 2.24) is 10.6 Å². The summed E-state index contributed by atoms with van der Waals surface area (Å²) in [6, 6.07) is 0. The first kappa shape index (κ1) is 12.5. The van der Waals surface area contributed by atoms with Crippen molar-refractivity contribution < 1.29 is 9.90 Å². The Morgan fingerprint density at radius 1 is 1.40 bits per heavy atom. The fourth-order valence-corrected chi connectivity index (χ4v) is 2.13. The molecule has 1 aliphatic rings. The third kappa shape index (κ3) is 4.62. The topological polar surface area (TPSA) is 61.4 Å². The maximum absolute atomic E-state index is 11.1. The molecule has 1 rings (SSSR count). The van der Waals surface area contributed by atoms with Crippen molar-refractivity contribution in [2.24, 2.45) is 5.92 Å². The summed E-state index contributed by atoms with van der Waals surface area (Å²) in [7, 11) is 1.73. The molecule has 88 valence electrons. The van der Waals surface area contributed by atoms with Gasteiger partial charge in [0.15, 0.2) is 0 Å². The van der Waals surface area contributed by atoms with E-state index >= 15 is 0 Å². The predicted octanol–water partition coefficient (Wildman–Crippen LogP) is 0.263. The molecule has 0 aliphatic heterocycles. The molecule has 3 N–H and O–H groups in total. The fraction of sp³-hybridized carbons (Fsp3) is 0.909. The minimum absolute atomic E-state index is 0.0487. The lowest BCUT2D eigenvalue weighted by atomic mass is 9.85. The molecule has 0 spiro atoms. The van der Waals surface area contributed by atoms with Gasteiger partial charge in [-0.3, -0.25) is 4.79 Å². The van der Waals surface area contributed by atoms with Gasteiger partial charge in [0.1, 0.15) is 0 Å². The lowest BCUT2D eigenvalue weighted by Gasteiger charge is -2.26. The number of aliphatic hydroxyl groups is 1. The molecule has 0 aromatic rings. The number of likely N-dealkylation sites (N-methyl/N-ethyl adjacent to an activating group) is 1. The van der Waals surface area contributed by atoms with Gasteiger partial charge in [-0.2, -0.15) is 0 Å². The van der Waals surface area contributed by atoms with Crippen LogP contribution in [0.2, 0.25) is 0 Å². The molecule has 0 heterocycles. The first-order valence-corrected chi connectivity index (χ1v) is 5.83. The molecule has 4 heteroatoms. The molecule has 1 amide bonds. The lowest BCUT2D eigenvalue weighted by Crippen LogP contribution is -2.40. The van der Waals surface area contributed by atoms with Crippen molar-refractivity contribution in [2.75, 3.05) is 20.1 Å². The van der Waals surface area contributed by atoms with Crippen LogP contribution in [0.4, 0.5) is 0 Å². The van der Waals surface area contributed by atoms with E-state index in [1.54, 1.807) is 7.05 Å². The highest BCUT2D eigenvalue weighted by atomic mass is 16.3. The van der Waals surface area contributed by atoms with E-state index < -0.39 is 0 Å². The second-order valence-corrected chi connectivity index (χ2v) is 4.30. The number of carbonyl (C=O) groups is 1. The molecule has 0 aromatic heterocycles. The third-order valence-corrected chi connectivity index (χ3v) is 3.04. The van der Waals surface area contributed by atoms with E-state index in [9.17, 15) is 9.90 Å². The smallest absolute Gasteiger partial charge is 0.234 e. The Balaban J connectivity index is 2.16. The average Bonchev–Trinajstić information content (AvgIpc) is 2.27. The van der Waals surface area contributed by atoms with E-state index in [1.165, 1.54) is 19.3 Å². The second kappa shape index (κ2) is 6.80. The van der Waals surface area contributed by atoms with Crippen molar-refractivity contribution in [3.05, 3.63) is 0 Å². The van der Waals surface area contributed by atoms with Gasteiger partial charge in [0.2, 0.25) is 5.91 Å². The largest absolute Gasteiger partial charge is 0.391 e. The molecule has 0 radical (unpaired) electrons. The van der Waals surface area contributed by atoms with E-state index in [1.807, 2.05) is 0 Å². The highest BCUT2D eigenvalue weighted by molar-refractivity contribution is 5.77. The zero-order valence-electron chi connectivity index (χ0n) is 9.46. The van der Waals surface area contributed by atoms with E-state index in [4.69, 9.17) is 0 Å². The summed E-state index contributed by atoms with van der Waals surface area (Å²) >= 11 is 0. The van der Waals surface area contributed by atoms with Crippen LogP contribution in [0.25, 0.3) is 0 Å². The second-order valence-electron chi connectivity index (χ2n) is 4.30. The van der Waals surface area contributed by atoms with Crippen LogP contribution in [-0.2, 0) is 4.79 Å². The maximum Gasteiger partial charge on any atom is 0.234 e. The van der Waals surface area contributed by atoms with E-state index in [-0.39, 0.29) is 12.0 Å². The average molecular weight is 214 g/mol. The quantitative estimate of drug-likeness (QED) is 0.615. The Morgan fingerprint density at radius 2 is 2.07 bits per heavy atom. The zero-order valence-corrected chi connectivity index (χ0v) is 9.46. The van der Waals surface area contributed by atoms with Gasteiger partial charge in [-0.05, 0) is 25.8 Å². The van der Waals surface area contributed by atoms with Crippen LogP contribution in [0.3, 0.4) is 0 Å². The van der Waals surface area contributed by atoms with Gasteiger partial charge in [0.05, 0.1) is 12.6 Å². The molecule has 1 atom stereocenters. The molecule has 1 saturated carbocycles. The molecule has 0 saturated heterocycles. The standard InChI is InChI=1S/C11H22N2O2/c1-12-8-11(15)13-7-10(14)9-5-3-2-4-6-9/h9-10,12,14H,2-8H2,1H3,(H,13,15). The van der Waals surface area contributed by atoms with Gasteiger partial charge in [-0.15, -0.1) is 0 Å². The number of carbonyl (C=O) groups excluding carboxylic acids is 1. The van der Waals surface area contributed by atoms with Gasteiger partial charge in [0.25, 0.3) is 0 Å². The minimum atomic E-state index is -0.369. The Hall–Kier alpha value is -0.610. The lowest BCUT2D eigenvalue weighted by molar-refractivity contribution is -0.120. The van der Waals surface area contributed by atoms with Crippen LogP contribution in [-0.4, -0.2) is 37.3 Å². The normalized spacial score (nSPS) is 19.9. The van der Waals surface area contributed by atoms with Crippen molar-refractivity contribution in [1.29, 1.82) is 0 Å². The fourth-order valence-electron chi connectivity index (χ4n) is 2.13. The molecule has 1 unspecified atom stereocenters.